The van der Waals surface area contributed by atoms with Gasteiger partial charge in [-0.3, -0.25) is 9.59 Å². The van der Waals surface area contributed by atoms with Crippen LogP contribution < -0.4 is 14.8 Å². The molecule has 7 heteroatoms. The largest absolute Gasteiger partial charge is 0.497 e. The minimum absolute atomic E-state index is 0.118. The fourth-order valence-corrected chi connectivity index (χ4v) is 5.32. The zero-order chi connectivity index (χ0) is 24.6. The Morgan fingerprint density at radius 2 is 1.80 bits per heavy atom. The summed E-state index contributed by atoms with van der Waals surface area (Å²) >= 11 is 1.54. The molecule has 184 valence electrons. The van der Waals surface area contributed by atoms with Gasteiger partial charge in [-0.1, -0.05) is 49.2 Å². The second-order valence-corrected chi connectivity index (χ2v) is 9.80. The van der Waals surface area contributed by atoms with Crippen LogP contribution in [-0.4, -0.2) is 37.0 Å². The average molecular weight is 493 g/mol. The summed E-state index contributed by atoms with van der Waals surface area (Å²) in [4.78, 5) is 30.3. The van der Waals surface area contributed by atoms with Gasteiger partial charge in [-0.2, -0.15) is 0 Å². The number of benzene rings is 2. The SMILES string of the molecule is COc1ccc(OC)c([C@@H](C(=O)NC2CCCC2)N(Cc2ccccc2)C(=O)Cc2cccs2)c1. The van der Waals surface area contributed by atoms with Crippen molar-refractivity contribution in [2.45, 2.75) is 50.7 Å². The van der Waals surface area contributed by atoms with Crippen LogP contribution in [0, 0.1) is 0 Å². The Kier molecular flexibility index (Phi) is 8.42. The van der Waals surface area contributed by atoms with Gasteiger partial charge in [-0.25, -0.2) is 0 Å². The monoisotopic (exact) mass is 492 g/mol. The molecule has 0 unspecified atom stereocenters. The number of thiophene rings is 1. The fourth-order valence-electron chi connectivity index (χ4n) is 4.62. The van der Waals surface area contributed by atoms with Crippen LogP contribution in [-0.2, 0) is 22.6 Å². The molecule has 3 aromatic rings. The lowest BCUT2D eigenvalue weighted by atomic mass is 10.00. The van der Waals surface area contributed by atoms with Crippen LogP contribution in [0.4, 0.5) is 0 Å². The van der Waals surface area contributed by atoms with E-state index in [-0.39, 0.29) is 24.3 Å². The highest BCUT2D eigenvalue weighted by Gasteiger charge is 2.35. The molecule has 1 aliphatic carbocycles. The van der Waals surface area contributed by atoms with Crippen LogP contribution in [0.1, 0.15) is 47.7 Å². The minimum atomic E-state index is -0.867. The van der Waals surface area contributed by atoms with Gasteiger partial charge in [-0.15, -0.1) is 11.3 Å². The molecule has 0 spiro atoms. The van der Waals surface area contributed by atoms with Gasteiger partial charge in [-0.05, 0) is 48.1 Å². The van der Waals surface area contributed by atoms with Crippen molar-refractivity contribution in [3.8, 4) is 11.5 Å². The molecule has 4 rings (SSSR count). The van der Waals surface area contributed by atoms with Crippen molar-refractivity contribution < 1.29 is 19.1 Å². The van der Waals surface area contributed by atoms with E-state index in [1.165, 1.54) is 11.3 Å². The number of amides is 2. The van der Waals surface area contributed by atoms with E-state index in [1.807, 2.05) is 47.8 Å². The van der Waals surface area contributed by atoms with Crippen molar-refractivity contribution >= 4 is 23.2 Å². The van der Waals surface area contributed by atoms with Crippen LogP contribution in [0.3, 0.4) is 0 Å². The first kappa shape index (κ1) is 24.8. The molecule has 2 aromatic carbocycles. The fraction of sp³-hybridized carbons (Fsp3) is 0.357. The van der Waals surface area contributed by atoms with Gasteiger partial charge >= 0.3 is 0 Å². The lowest BCUT2D eigenvalue weighted by Crippen LogP contribution is -2.46. The molecule has 0 radical (unpaired) electrons. The number of hydrogen-bond acceptors (Lipinski definition) is 5. The number of ether oxygens (including phenoxy) is 2. The van der Waals surface area contributed by atoms with E-state index in [2.05, 4.69) is 5.32 Å². The molecule has 1 atom stereocenters. The van der Waals surface area contributed by atoms with E-state index in [0.29, 0.717) is 23.6 Å². The molecule has 1 heterocycles. The Balaban J connectivity index is 1.77. The number of nitrogens with one attached hydrogen (secondary N) is 1. The lowest BCUT2D eigenvalue weighted by molar-refractivity contribution is -0.141. The second-order valence-electron chi connectivity index (χ2n) is 8.76. The van der Waals surface area contributed by atoms with Gasteiger partial charge in [0, 0.05) is 23.0 Å². The summed E-state index contributed by atoms with van der Waals surface area (Å²) in [6.45, 7) is 0.300. The predicted molar refractivity (Wildman–Crippen MR) is 138 cm³/mol. The molecule has 0 saturated heterocycles. The standard InChI is InChI=1S/C28H32N2O4S/c1-33-22-14-15-25(34-2)24(17-22)27(28(32)29-21-11-6-7-12-21)30(19-20-9-4-3-5-10-20)26(31)18-23-13-8-16-35-23/h3-5,8-10,13-17,21,27H,6-7,11-12,18-19H2,1-2H3,(H,29,32)/t27-/m0/s1. The van der Waals surface area contributed by atoms with Gasteiger partial charge in [0.15, 0.2) is 0 Å². The molecular formula is C28H32N2O4S. The Morgan fingerprint density at radius 3 is 2.46 bits per heavy atom. The van der Waals surface area contributed by atoms with Crippen LogP contribution in [0.25, 0.3) is 0 Å². The molecule has 2 amide bonds. The van der Waals surface area contributed by atoms with E-state index in [1.54, 1.807) is 37.3 Å². The third-order valence-corrected chi connectivity index (χ3v) is 7.29. The number of rotatable bonds is 10. The molecule has 1 saturated carbocycles. The average Bonchev–Trinajstić information content (AvgIpc) is 3.58. The third kappa shape index (κ3) is 6.22. The molecule has 1 N–H and O–H groups in total. The summed E-state index contributed by atoms with van der Waals surface area (Å²) in [7, 11) is 3.16. The van der Waals surface area contributed by atoms with Crippen LogP contribution >= 0.6 is 11.3 Å². The lowest BCUT2D eigenvalue weighted by Gasteiger charge is -2.33. The highest BCUT2D eigenvalue weighted by molar-refractivity contribution is 7.10. The number of nitrogens with zero attached hydrogens (tertiary/aromatic N) is 1. The molecule has 1 aromatic heterocycles. The van der Waals surface area contributed by atoms with E-state index in [4.69, 9.17) is 9.47 Å². The van der Waals surface area contributed by atoms with Crippen molar-refractivity contribution in [2.75, 3.05) is 14.2 Å². The van der Waals surface area contributed by atoms with E-state index >= 15 is 0 Å². The summed E-state index contributed by atoms with van der Waals surface area (Å²) < 4.78 is 11.1. The van der Waals surface area contributed by atoms with Crippen LogP contribution in [0.15, 0.2) is 66.0 Å². The molecule has 1 fully saturated rings. The number of hydrogen-bond donors (Lipinski definition) is 1. The molecule has 0 bridgehead atoms. The smallest absolute Gasteiger partial charge is 0.247 e. The van der Waals surface area contributed by atoms with E-state index < -0.39 is 6.04 Å². The normalized spacial score (nSPS) is 14.3. The zero-order valence-electron chi connectivity index (χ0n) is 20.2. The van der Waals surface area contributed by atoms with Crippen LogP contribution in [0.5, 0.6) is 11.5 Å². The van der Waals surface area contributed by atoms with E-state index in [0.717, 1.165) is 36.1 Å². The number of carbonyl (C=O) groups is 2. The maximum Gasteiger partial charge on any atom is 0.247 e. The Morgan fingerprint density at radius 1 is 1.03 bits per heavy atom. The van der Waals surface area contributed by atoms with E-state index in [9.17, 15) is 9.59 Å². The first-order valence-electron chi connectivity index (χ1n) is 12.0. The third-order valence-electron chi connectivity index (χ3n) is 6.41. The summed E-state index contributed by atoms with van der Waals surface area (Å²) in [5.74, 6) is 0.829. The van der Waals surface area contributed by atoms with Gasteiger partial charge in [0.05, 0.1) is 20.6 Å². The van der Waals surface area contributed by atoms with Crippen LogP contribution in [0.2, 0.25) is 0 Å². The highest BCUT2D eigenvalue weighted by atomic mass is 32.1. The van der Waals surface area contributed by atoms with Crippen molar-refractivity contribution in [1.29, 1.82) is 0 Å². The quantitative estimate of drug-likeness (QED) is 0.426. The summed E-state index contributed by atoms with van der Waals surface area (Å²) in [6.07, 6.45) is 4.33. The molecule has 6 nitrogen and oxygen atoms in total. The maximum atomic E-state index is 13.9. The minimum Gasteiger partial charge on any atom is -0.497 e. The Hall–Kier alpha value is -3.32. The van der Waals surface area contributed by atoms with Gasteiger partial charge < -0.3 is 19.7 Å². The van der Waals surface area contributed by atoms with Crippen molar-refractivity contribution in [3.63, 3.8) is 0 Å². The Labute approximate surface area is 210 Å². The number of methoxy groups -OCH3 is 2. The predicted octanol–water partition coefficient (Wildman–Crippen LogP) is 5.14. The molecular weight excluding hydrogens is 460 g/mol. The molecule has 35 heavy (non-hydrogen) atoms. The highest BCUT2D eigenvalue weighted by Crippen LogP contribution is 2.35. The topological polar surface area (TPSA) is 67.9 Å². The number of carbonyl (C=O) groups excluding carboxylic acids is 2. The first-order chi connectivity index (χ1) is 17.1. The summed E-state index contributed by atoms with van der Waals surface area (Å²) in [5.41, 5.74) is 1.56. The van der Waals surface area contributed by atoms with Gasteiger partial charge in [0.25, 0.3) is 0 Å². The maximum absolute atomic E-state index is 13.9. The van der Waals surface area contributed by atoms with Crippen molar-refractivity contribution in [1.82, 2.24) is 10.2 Å². The van der Waals surface area contributed by atoms with Crippen molar-refractivity contribution in [2.24, 2.45) is 0 Å². The first-order valence-corrected chi connectivity index (χ1v) is 12.8. The van der Waals surface area contributed by atoms with Crippen molar-refractivity contribution in [3.05, 3.63) is 82.0 Å². The van der Waals surface area contributed by atoms with Gasteiger partial charge in [0.1, 0.15) is 17.5 Å². The molecule has 1 aliphatic rings. The summed E-state index contributed by atoms with van der Waals surface area (Å²) in [5, 5.41) is 5.18. The summed E-state index contributed by atoms with van der Waals surface area (Å²) in [6, 6.07) is 18.3. The van der Waals surface area contributed by atoms with Gasteiger partial charge in [0.2, 0.25) is 11.8 Å². The second kappa shape index (κ2) is 11.9. The Bertz CT molecular complexity index is 1110. The molecule has 0 aliphatic heterocycles. The zero-order valence-corrected chi connectivity index (χ0v) is 21.1.